The van der Waals surface area contributed by atoms with Gasteiger partial charge in [-0.1, -0.05) is 24.3 Å². The predicted molar refractivity (Wildman–Crippen MR) is 86.0 cm³/mol. The van der Waals surface area contributed by atoms with Gasteiger partial charge in [0.1, 0.15) is 5.82 Å². The summed E-state index contributed by atoms with van der Waals surface area (Å²) in [5.41, 5.74) is 5.39. The lowest BCUT2D eigenvalue weighted by Gasteiger charge is -2.21. The maximum Gasteiger partial charge on any atom is 0.198 e. The fourth-order valence-electron chi connectivity index (χ4n) is 3.30. The topological polar surface area (TPSA) is 44.0 Å². The SMILES string of the molecule is S=c1nc(N2Cc3ccccc3C2)c2c([nH]1)CCNCC2. The van der Waals surface area contributed by atoms with Crippen molar-refractivity contribution in [3.63, 3.8) is 0 Å². The number of aromatic amines is 1. The Labute approximate surface area is 129 Å². The van der Waals surface area contributed by atoms with E-state index < -0.39 is 0 Å². The summed E-state index contributed by atoms with van der Waals surface area (Å²) in [6.45, 7) is 3.87. The first-order valence-electron chi connectivity index (χ1n) is 7.46. The molecule has 2 aromatic rings. The van der Waals surface area contributed by atoms with Crippen LogP contribution in [0.4, 0.5) is 5.82 Å². The van der Waals surface area contributed by atoms with Crippen molar-refractivity contribution < 1.29 is 0 Å². The molecule has 0 atom stereocenters. The highest BCUT2D eigenvalue weighted by Gasteiger charge is 2.24. The molecule has 0 amide bonds. The fraction of sp³-hybridized carbons (Fsp3) is 0.375. The number of H-pyrrole nitrogens is 1. The Bertz CT molecular complexity index is 712. The summed E-state index contributed by atoms with van der Waals surface area (Å²) in [6.07, 6.45) is 2.01. The van der Waals surface area contributed by atoms with Crippen LogP contribution in [-0.2, 0) is 25.9 Å². The smallest absolute Gasteiger partial charge is 0.198 e. The van der Waals surface area contributed by atoms with E-state index in [1.165, 1.54) is 22.4 Å². The van der Waals surface area contributed by atoms with Gasteiger partial charge in [-0.05, 0) is 36.3 Å². The zero-order valence-electron chi connectivity index (χ0n) is 11.9. The molecule has 2 aliphatic heterocycles. The van der Waals surface area contributed by atoms with Crippen molar-refractivity contribution in [1.82, 2.24) is 15.3 Å². The first-order valence-corrected chi connectivity index (χ1v) is 7.86. The second-order valence-electron chi connectivity index (χ2n) is 5.70. The third-order valence-corrected chi connectivity index (χ3v) is 4.54. The molecule has 3 heterocycles. The van der Waals surface area contributed by atoms with E-state index in [2.05, 4.69) is 44.5 Å². The molecular weight excluding hydrogens is 280 g/mol. The molecule has 0 saturated carbocycles. The summed E-state index contributed by atoms with van der Waals surface area (Å²) in [7, 11) is 0. The second kappa shape index (κ2) is 5.24. The van der Waals surface area contributed by atoms with Gasteiger partial charge < -0.3 is 15.2 Å². The van der Waals surface area contributed by atoms with E-state index in [1.54, 1.807) is 0 Å². The Balaban J connectivity index is 1.76. The molecule has 1 aromatic carbocycles. The van der Waals surface area contributed by atoms with Gasteiger partial charge in [-0.3, -0.25) is 0 Å². The van der Waals surface area contributed by atoms with Gasteiger partial charge in [-0.2, -0.15) is 0 Å². The molecule has 0 aliphatic carbocycles. The Morgan fingerprint density at radius 1 is 1.05 bits per heavy atom. The molecule has 21 heavy (non-hydrogen) atoms. The monoisotopic (exact) mass is 298 g/mol. The number of benzene rings is 1. The van der Waals surface area contributed by atoms with Crippen LogP contribution in [0, 0.1) is 4.77 Å². The van der Waals surface area contributed by atoms with Crippen LogP contribution in [0.3, 0.4) is 0 Å². The Morgan fingerprint density at radius 3 is 2.52 bits per heavy atom. The van der Waals surface area contributed by atoms with Gasteiger partial charge in [-0.15, -0.1) is 0 Å². The highest BCUT2D eigenvalue weighted by atomic mass is 32.1. The van der Waals surface area contributed by atoms with Crippen molar-refractivity contribution in [3.8, 4) is 0 Å². The zero-order valence-corrected chi connectivity index (χ0v) is 12.7. The van der Waals surface area contributed by atoms with Crippen LogP contribution in [0.25, 0.3) is 0 Å². The van der Waals surface area contributed by atoms with Crippen LogP contribution in [0.5, 0.6) is 0 Å². The van der Waals surface area contributed by atoms with Crippen LogP contribution < -0.4 is 10.2 Å². The number of rotatable bonds is 1. The summed E-state index contributed by atoms with van der Waals surface area (Å²) in [4.78, 5) is 10.3. The number of nitrogens with one attached hydrogen (secondary N) is 2. The summed E-state index contributed by atoms with van der Waals surface area (Å²) in [5, 5.41) is 3.45. The van der Waals surface area contributed by atoms with E-state index in [9.17, 15) is 0 Å². The third kappa shape index (κ3) is 2.36. The number of hydrogen-bond acceptors (Lipinski definition) is 4. The van der Waals surface area contributed by atoms with Crippen LogP contribution in [-0.4, -0.2) is 23.1 Å². The highest BCUT2D eigenvalue weighted by Crippen LogP contribution is 2.30. The van der Waals surface area contributed by atoms with Crippen LogP contribution >= 0.6 is 12.2 Å². The number of anilines is 1. The lowest BCUT2D eigenvalue weighted by molar-refractivity contribution is 0.707. The van der Waals surface area contributed by atoms with Gasteiger partial charge in [0.25, 0.3) is 0 Å². The van der Waals surface area contributed by atoms with Gasteiger partial charge in [-0.25, -0.2) is 4.98 Å². The van der Waals surface area contributed by atoms with Crippen LogP contribution in [0.2, 0.25) is 0 Å². The molecule has 1 aromatic heterocycles. The normalized spacial score (nSPS) is 17.2. The summed E-state index contributed by atoms with van der Waals surface area (Å²) in [5.74, 6) is 1.08. The molecule has 4 rings (SSSR count). The van der Waals surface area contributed by atoms with E-state index in [1.807, 2.05) is 0 Å². The Morgan fingerprint density at radius 2 is 1.76 bits per heavy atom. The number of nitrogens with zero attached hydrogens (tertiary/aromatic N) is 2. The molecule has 2 N–H and O–H groups in total. The Kier molecular flexibility index (Phi) is 3.24. The van der Waals surface area contributed by atoms with Gasteiger partial charge in [0, 0.05) is 37.3 Å². The van der Waals surface area contributed by atoms with Crippen LogP contribution in [0.15, 0.2) is 24.3 Å². The largest absolute Gasteiger partial charge is 0.348 e. The summed E-state index contributed by atoms with van der Waals surface area (Å²) < 4.78 is 0.599. The zero-order chi connectivity index (χ0) is 14.2. The molecular formula is C16H18N4S. The lowest BCUT2D eigenvalue weighted by atomic mass is 10.1. The Hall–Kier alpha value is -1.72. The van der Waals surface area contributed by atoms with Gasteiger partial charge in [0.05, 0.1) is 0 Å². The molecule has 5 heteroatoms. The molecule has 4 nitrogen and oxygen atoms in total. The first-order chi connectivity index (χ1) is 10.3. The van der Waals surface area contributed by atoms with Gasteiger partial charge in [0.15, 0.2) is 4.77 Å². The maximum atomic E-state index is 5.34. The molecule has 0 unspecified atom stereocenters. The number of aromatic nitrogens is 2. The van der Waals surface area contributed by atoms with Crippen molar-refractivity contribution in [2.75, 3.05) is 18.0 Å². The second-order valence-corrected chi connectivity index (χ2v) is 6.08. The average Bonchev–Trinajstić information content (AvgIpc) is 2.78. The summed E-state index contributed by atoms with van der Waals surface area (Å²) >= 11 is 5.34. The number of hydrogen-bond donors (Lipinski definition) is 2. The maximum absolute atomic E-state index is 5.34. The molecule has 108 valence electrons. The molecule has 0 saturated heterocycles. The first kappa shape index (κ1) is 13.0. The highest BCUT2D eigenvalue weighted by molar-refractivity contribution is 7.71. The lowest BCUT2D eigenvalue weighted by Crippen LogP contribution is -2.20. The molecule has 0 radical (unpaired) electrons. The van der Waals surface area contributed by atoms with Crippen molar-refractivity contribution in [2.45, 2.75) is 25.9 Å². The van der Waals surface area contributed by atoms with Crippen molar-refractivity contribution in [1.29, 1.82) is 0 Å². The average molecular weight is 298 g/mol. The van der Waals surface area contributed by atoms with Gasteiger partial charge >= 0.3 is 0 Å². The minimum Gasteiger partial charge on any atom is -0.348 e. The van der Waals surface area contributed by atoms with E-state index >= 15 is 0 Å². The standard InChI is InChI=1S/C16H18N4S/c21-16-18-14-6-8-17-7-5-13(14)15(19-16)20-9-11-3-1-2-4-12(11)10-20/h1-4,17H,5-10H2,(H,18,19,21). The van der Waals surface area contributed by atoms with Crippen molar-refractivity contribution >= 4 is 18.0 Å². The fourth-order valence-corrected chi connectivity index (χ4v) is 3.51. The van der Waals surface area contributed by atoms with Crippen molar-refractivity contribution in [2.24, 2.45) is 0 Å². The van der Waals surface area contributed by atoms with Crippen molar-refractivity contribution in [3.05, 3.63) is 51.4 Å². The minimum atomic E-state index is 0.599. The van der Waals surface area contributed by atoms with Crippen LogP contribution in [0.1, 0.15) is 22.4 Å². The van der Waals surface area contributed by atoms with E-state index in [-0.39, 0.29) is 0 Å². The predicted octanol–water partition coefficient (Wildman–Crippen LogP) is 2.35. The molecule has 2 aliphatic rings. The summed E-state index contributed by atoms with van der Waals surface area (Å²) in [6, 6.07) is 8.63. The minimum absolute atomic E-state index is 0.599. The van der Waals surface area contributed by atoms with E-state index in [0.29, 0.717) is 4.77 Å². The van der Waals surface area contributed by atoms with E-state index in [0.717, 1.165) is 44.8 Å². The quantitative estimate of drug-likeness (QED) is 0.793. The molecule has 0 bridgehead atoms. The third-order valence-electron chi connectivity index (χ3n) is 4.34. The molecule has 0 spiro atoms. The number of fused-ring (bicyclic) bond motifs is 2. The molecule has 0 fully saturated rings. The van der Waals surface area contributed by atoms with Gasteiger partial charge in [0.2, 0.25) is 0 Å². The van der Waals surface area contributed by atoms with E-state index in [4.69, 9.17) is 12.2 Å².